The Bertz CT molecular complexity index is 490. The van der Waals surface area contributed by atoms with E-state index in [9.17, 15) is 10.2 Å². The average molecular weight is 301 g/mol. The summed E-state index contributed by atoms with van der Waals surface area (Å²) in [7, 11) is 0. The van der Waals surface area contributed by atoms with Crippen LogP contribution in [0.3, 0.4) is 0 Å². The van der Waals surface area contributed by atoms with Gasteiger partial charge < -0.3 is 27.9 Å². The molecule has 0 spiro atoms. The standard InChI is InChI=1S/C13H20N4O2.ClH/c14-13(15)17-4-1-2-10-12-8(3-5-16-10)6-9(18)7-11(12)19;/h6-7,10,16,18-19H,1-5H2,(H4,14,15,17);1H. The van der Waals surface area contributed by atoms with Crippen molar-refractivity contribution in [2.24, 2.45) is 11.5 Å². The summed E-state index contributed by atoms with van der Waals surface area (Å²) in [5.74, 6) is 0.499. The van der Waals surface area contributed by atoms with Crippen molar-refractivity contribution in [3.8, 4) is 11.5 Å². The highest BCUT2D eigenvalue weighted by atomic mass is 35.5. The third-order valence-electron chi connectivity index (χ3n) is 3.36. The summed E-state index contributed by atoms with van der Waals surface area (Å²) < 4.78 is 0. The number of nitrogens with two attached hydrogens (primary N) is 2. The van der Waals surface area contributed by atoms with Gasteiger partial charge in [0.25, 0.3) is 0 Å². The van der Waals surface area contributed by atoms with Crippen molar-refractivity contribution in [1.82, 2.24) is 5.32 Å². The third kappa shape index (κ3) is 3.91. The number of hydrogen-bond acceptors (Lipinski definition) is 3. The summed E-state index contributed by atoms with van der Waals surface area (Å²) in [5.41, 5.74) is 12.6. The van der Waals surface area contributed by atoms with Crippen LogP contribution in [0.4, 0.5) is 0 Å². The number of phenols is 2. The lowest BCUT2D eigenvalue weighted by Crippen LogP contribution is -3.00. The number of rotatable bonds is 4. The largest absolute Gasteiger partial charge is 1.00 e. The second-order valence-corrected chi connectivity index (χ2v) is 4.82. The van der Waals surface area contributed by atoms with Crippen LogP contribution in [-0.4, -0.2) is 29.3 Å². The summed E-state index contributed by atoms with van der Waals surface area (Å²) in [6.07, 6.45) is 2.57. The number of fused-ring (bicyclic) bond motifs is 1. The fraction of sp³-hybridized carbons (Fsp3) is 0.462. The highest BCUT2D eigenvalue weighted by molar-refractivity contribution is 5.69. The molecule has 0 aromatic heterocycles. The van der Waals surface area contributed by atoms with Crippen molar-refractivity contribution in [3.05, 3.63) is 23.3 Å². The monoisotopic (exact) mass is 300 g/mol. The van der Waals surface area contributed by atoms with Gasteiger partial charge in [-0.15, -0.1) is 0 Å². The lowest BCUT2D eigenvalue weighted by atomic mass is 9.90. The molecule has 0 aliphatic carbocycles. The van der Waals surface area contributed by atoms with E-state index in [4.69, 9.17) is 11.5 Å². The fourth-order valence-electron chi connectivity index (χ4n) is 2.56. The smallest absolute Gasteiger partial charge is 0.338 e. The van der Waals surface area contributed by atoms with Gasteiger partial charge in [-0.25, -0.2) is 0 Å². The van der Waals surface area contributed by atoms with Crippen LogP contribution in [0.1, 0.15) is 30.0 Å². The zero-order chi connectivity index (χ0) is 13.8. The molecule has 0 radical (unpaired) electrons. The predicted octanol–water partition coefficient (Wildman–Crippen LogP) is -4.58. The summed E-state index contributed by atoms with van der Waals surface area (Å²) >= 11 is 0. The molecule has 1 aromatic rings. The van der Waals surface area contributed by atoms with E-state index in [1.165, 1.54) is 6.07 Å². The Balaban J connectivity index is 0.00000200. The summed E-state index contributed by atoms with van der Waals surface area (Å²) in [4.78, 5) is 2.87. The van der Waals surface area contributed by atoms with Crippen molar-refractivity contribution < 1.29 is 27.6 Å². The van der Waals surface area contributed by atoms with Crippen LogP contribution in [0.15, 0.2) is 12.1 Å². The van der Waals surface area contributed by atoms with E-state index in [-0.39, 0.29) is 35.9 Å². The van der Waals surface area contributed by atoms with Gasteiger partial charge in [-0.2, -0.15) is 0 Å². The first-order chi connectivity index (χ1) is 9.08. The van der Waals surface area contributed by atoms with Crippen molar-refractivity contribution in [2.45, 2.75) is 25.3 Å². The van der Waals surface area contributed by atoms with Crippen LogP contribution in [0.25, 0.3) is 0 Å². The molecule has 2 rings (SSSR count). The van der Waals surface area contributed by atoms with Gasteiger partial charge in [0, 0.05) is 17.7 Å². The molecule has 7 heteroatoms. The topological polar surface area (TPSA) is 119 Å². The molecule has 1 atom stereocenters. The fourth-order valence-corrected chi connectivity index (χ4v) is 2.56. The molecule has 20 heavy (non-hydrogen) atoms. The first-order valence-corrected chi connectivity index (χ1v) is 6.48. The molecule has 0 bridgehead atoms. The quantitative estimate of drug-likeness (QED) is 0.190. The molecule has 1 aliphatic rings. The predicted molar refractivity (Wildman–Crippen MR) is 72.7 cm³/mol. The van der Waals surface area contributed by atoms with Gasteiger partial charge in [-0.1, -0.05) is 0 Å². The number of guanidine groups is 1. The minimum absolute atomic E-state index is 0. The molecule has 0 fully saturated rings. The molecular formula is C13H21ClN4O2. The van der Waals surface area contributed by atoms with Gasteiger partial charge in [0.2, 0.25) is 0 Å². The number of halogens is 1. The molecule has 1 aromatic carbocycles. The Labute approximate surface area is 124 Å². The van der Waals surface area contributed by atoms with Crippen LogP contribution >= 0.6 is 0 Å². The minimum atomic E-state index is 0. The lowest BCUT2D eigenvalue weighted by molar-refractivity contribution is -0.459. The van der Waals surface area contributed by atoms with Gasteiger partial charge in [0.05, 0.1) is 6.54 Å². The van der Waals surface area contributed by atoms with Crippen LogP contribution < -0.4 is 34.2 Å². The highest BCUT2D eigenvalue weighted by Gasteiger charge is 2.23. The molecule has 0 amide bonds. The van der Waals surface area contributed by atoms with Crippen molar-refractivity contribution in [3.63, 3.8) is 0 Å². The van der Waals surface area contributed by atoms with Gasteiger partial charge in [0.1, 0.15) is 11.5 Å². The van der Waals surface area contributed by atoms with E-state index < -0.39 is 0 Å². The van der Waals surface area contributed by atoms with E-state index in [1.807, 2.05) is 0 Å². The zero-order valence-electron chi connectivity index (χ0n) is 11.2. The second-order valence-electron chi connectivity index (χ2n) is 4.82. The van der Waals surface area contributed by atoms with E-state index in [1.54, 1.807) is 6.07 Å². The van der Waals surface area contributed by atoms with Crippen LogP contribution in [0, 0.1) is 0 Å². The van der Waals surface area contributed by atoms with Gasteiger partial charge in [-0.05, 0) is 37.4 Å². The normalized spacial score (nSPS) is 16.9. The molecule has 1 heterocycles. The number of nitrogens with one attached hydrogen (secondary N) is 2. The number of phenolic OH excluding ortho intramolecular Hbond substituents is 2. The first kappa shape index (κ1) is 16.4. The maximum atomic E-state index is 9.99. The van der Waals surface area contributed by atoms with Gasteiger partial charge in [-0.3, -0.25) is 16.5 Å². The Morgan fingerprint density at radius 3 is 2.80 bits per heavy atom. The summed E-state index contributed by atoms with van der Waals surface area (Å²) in [6.45, 7) is 1.55. The van der Waals surface area contributed by atoms with E-state index in [2.05, 4.69) is 10.3 Å². The molecule has 1 aliphatic heterocycles. The molecule has 8 N–H and O–H groups in total. The van der Waals surface area contributed by atoms with Crippen molar-refractivity contribution in [1.29, 1.82) is 0 Å². The minimum Gasteiger partial charge on any atom is -1.00 e. The van der Waals surface area contributed by atoms with E-state index in [0.29, 0.717) is 6.54 Å². The summed E-state index contributed by atoms with van der Waals surface area (Å²) in [5, 5.41) is 22.9. The first-order valence-electron chi connectivity index (χ1n) is 6.48. The lowest BCUT2D eigenvalue weighted by Gasteiger charge is -2.27. The molecule has 6 nitrogen and oxygen atoms in total. The summed E-state index contributed by atoms with van der Waals surface area (Å²) in [6, 6.07) is 3.22. The van der Waals surface area contributed by atoms with Crippen molar-refractivity contribution >= 4 is 5.96 Å². The Kier molecular flexibility index (Phi) is 5.91. The van der Waals surface area contributed by atoms with Gasteiger partial charge in [0.15, 0.2) is 0 Å². The van der Waals surface area contributed by atoms with Gasteiger partial charge >= 0.3 is 5.96 Å². The molecule has 112 valence electrons. The van der Waals surface area contributed by atoms with Crippen LogP contribution in [0.5, 0.6) is 11.5 Å². The number of benzene rings is 1. The zero-order valence-corrected chi connectivity index (χ0v) is 12.0. The Morgan fingerprint density at radius 1 is 1.35 bits per heavy atom. The third-order valence-corrected chi connectivity index (χ3v) is 3.36. The van der Waals surface area contributed by atoms with Crippen LogP contribution in [0.2, 0.25) is 0 Å². The Morgan fingerprint density at radius 2 is 2.10 bits per heavy atom. The Hall–Kier alpha value is -1.66. The van der Waals surface area contributed by atoms with Crippen LogP contribution in [-0.2, 0) is 6.42 Å². The van der Waals surface area contributed by atoms with E-state index >= 15 is 0 Å². The number of aromatic hydroxyl groups is 2. The second kappa shape index (κ2) is 7.21. The average Bonchev–Trinajstić information content (AvgIpc) is 2.33. The molecule has 1 unspecified atom stereocenters. The van der Waals surface area contributed by atoms with E-state index in [0.717, 1.165) is 36.9 Å². The molecular weight excluding hydrogens is 280 g/mol. The molecule has 0 saturated heterocycles. The maximum absolute atomic E-state index is 9.99. The SMILES string of the molecule is NC(N)=[NH+]CCCC1NCCc2cc(O)cc(O)c21.[Cl-]. The maximum Gasteiger partial charge on any atom is 0.338 e. The number of hydrogen-bond donors (Lipinski definition) is 6. The molecule has 0 saturated carbocycles. The highest BCUT2D eigenvalue weighted by Crippen LogP contribution is 2.36. The van der Waals surface area contributed by atoms with Crippen molar-refractivity contribution in [2.75, 3.05) is 13.1 Å².